The molecule has 0 bridgehead atoms. The second kappa shape index (κ2) is 7.94. The predicted octanol–water partition coefficient (Wildman–Crippen LogP) is 6.41. The molecule has 3 aromatic carbocycles. The maximum Gasteiger partial charge on any atom is 0.261 e. The molecule has 5 rings (SSSR count). The minimum absolute atomic E-state index is 0.0264. The monoisotopic (exact) mass is 468 g/mol. The summed E-state index contributed by atoms with van der Waals surface area (Å²) in [5, 5.41) is 3.81. The molecule has 1 aliphatic heterocycles. The van der Waals surface area contributed by atoms with Gasteiger partial charge >= 0.3 is 0 Å². The van der Waals surface area contributed by atoms with Crippen LogP contribution in [0.2, 0.25) is 5.02 Å². The zero-order valence-corrected chi connectivity index (χ0v) is 18.9. The van der Waals surface area contributed by atoms with Gasteiger partial charge in [-0.25, -0.2) is 12.8 Å². The number of rotatable bonds is 4. The Morgan fingerprint density at radius 3 is 2.62 bits per heavy atom. The minimum Gasteiger partial charge on any atom is -0.378 e. The molecule has 0 saturated heterocycles. The molecule has 0 amide bonds. The van der Waals surface area contributed by atoms with Crippen molar-refractivity contribution in [2.45, 2.75) is 30.2 Å². The van der Waals surface area contributed by atoms with Gasteiger partial charge in [0, 0.05) is 27.9 Å². The van der Waals surface area contributed by atoms with Crippen molar-refractivity contribution in [3.05, 3.63) is 100 Å². The molecule has 2 aliphatic rings. The van der Waals surface area contributed by atoms with E-state index in [-0.39, 0.29) is 28.6 Å². The van der Waals surface area contributed by atoms with Crippen molar-refractivity contribution in [3.8, 4) is 0 Å². The molecule has 0 unspecified atom stereocenters. The molecule has 3 aromatic rings. The SMILES string of the molecule is Cc1ccc(NS(=O)(=O)c2ccc3c(c2)[C@H]2C=CC[C@H]2[C@@H](c2c(F)cccc2Cl)N3)cc1. The van der Waals surface area contributed by atoms with Gasteiger partial charge in [0.2, 0.25) is 0 Å². The van der Waals surface area contributed by atoms with Crippen molar-refractivity contribution in [2.75, 3.05) is 10.0 Å². The van der Waals surface area contributed by atoms with E-state index >= 15 is 0 Å². The fraction of sp³-hybridized carbons (Fsp3) is 0.200. The summed E-state index contributed by atoms with van der Waals surface area (Å²) in [6.07, 6.45) is 4.90. The summed E-state index contributed by atoms with van der Waals surface area (Å²) in [5.74, 6) is -0.327. The highest BCUT2D eigenvalue weighted by atomic mass is 35.5. The van der Waals surface area contributed by atoms with Crippen LogP contribution in [0.3, 0.4) is 0 Å². The van der Waals surface area contributed by atoms with Crippen LogP contribution in [-0.2, 0) is 10.0 Å². The fourth-order valence-corrected chi connectivity index (χ4v) is 6.04. The van der Waals surface area contributed by atoms with Gasteiger partial charge in [0.05, 0.1) is 10.9 Å². The van der Waals surface area contributed by atoms with Crippen LogP contribution in [-0.4, -0.2) is 8.42 Å². The number of halogens is 2. The third kappa shape index (κ3) is 3.67. The molecule has 7 heteroatoms. The molecule has 2 N–H and O–H groups in total. The molecule has 0 aromatic heterocycles. The molecule has 0 fully saturated rings. The van der Waals surface area contributed by atoms with E-state index in [2.05, 4.69) is 22.2 Å². The van der Waals surface area contributed by atoms with Crippen molar-refractivity contribution in [1.29, 1.82) is 0 Å². The van der Waals surface area contributed by atoms with Crippen LogP contribution in [0.5, 0.6) is 0 Å². The number of aryl methyl sites for hydroxylation is 1. The molecule has 1 aliphatic carbocycles. The van der Waals surface area contributed by atoms with Gasteiger partial charge in [-0.05, 0) is 67.3 Å². The van der Waals surface area contributed by atoms with Gasteiger partial charge < -0.3 is 5.32 Å². The van der Waals surface area contributed by atoms with Crippen LogP contribution < -0.4 is 10.0 Å². The van der Waals surface area contributed by atoms with Crippen molar-refractivity contribution in [2.24, 2.45) is 5.92 Å². The van der Waals surface area contributed by atoms with Gasteiger partial charge in [-0.3, -0.25) is 4.72 Å². The third-order valence-electron chi connectivity index (χ3n) is 6.26. The maximum absolute atomic E-state index is 14.7. The summed E-state index contributed by atoms with van der Waals surface area (Å²) in [6.45, 7) is 1.95. The first-order valence-corrected chi connectivity index (χ1v) is 12.3. The normalized spacial score (nSPS) is 21.5. The number of hydrogen-bond acceptors (Lipinski definition) is 3. The van der Waals surface area contributed by atoms with E-state index in [9.17, 15) is 12.8 Å². The van der Waals surface area contributed by atoms with E-state index in [4.69, 9.17) is 11.6 Å². The molecule has 0 radical (unpaired) electrons. The topological polar surface area (TPSA) is 58.2 Å². The second-order valence-corrected chi connectivity index (χ2v) is 10.4. The predicted molar refractivity (Wildman–Crippen MR) is 126 cm³/mol. The molecule has 0 saturated carbocycles. The Labute approximate surface area is 192 Å². The number of allylic oxidation sites excluding steroid dienone is 2. The van der Waals surface area contributed by atoms with E-state index in [1.54, 1.807) is 42.5 Å². The van der Waals surface area contributed by atoms with E-state index < -0.39 is 10.0 Å². The zero-order valence-electron chi connectivity index (χ0n) is 17.3. The van der Waals surface area contributed by atoms with E-state index in [1.807, 2.05) is 19.1 Å². The summed E-state index contributed by atoms with van der Waals surface area (Å²) in [7, 11) is -3.75. The third-order valence-corrected chi connectivity index (χ3v) is 7.97. The van der Waals surface area contributed by atoms with Gasteiger partial charge in [0.15, 0.2) is 0 Å². The Morgan fingerprint density at radius 1 is 1.09 bits per heavy atom. The summed E-state index contributed by atoms with van der Waals surface area (Å²) < 4.78 is 43.4. The Bertz CT molecular complexity index is 1300. The van der Waals surface area contributed by atoms with Crippen LogP contribution in [0.25, 0.3) is 0 Å². The maximum atomic E-state index is 14.7. The molecule has 0 spiro atoms. The number of anilines is 2. The molecule has 164 valence electrons. The average Bonchev–Trinajstić information content (AvgIpc) is 3.25. The molecular weight excluding hydrogens is 447 g/mol. The fourth-order valence-electron chi connectivity index (χ4n) is 4.67. The lowest BCUT2D eigenvalue weighted by atomic mass is 9.77. The molecule has 32 heavy (non-hydrogen) atoms. The van der Waals surface area contributed by atoms with Crippen molar-refractivity contribution >= 4 is 33.0 Å². The number of hydrogen-bond donors (Lipinski definition) is 2. The lowest BCUT2D eigenvalue weighted by Gasteiger charge is -2.38. The van der Waals surface area contributed by atoms with Crippen molar-refractivity contribution < 1.29 is 12.8 Å². The van der Waals surface area contributed by atoms with Crippen molar-refractivity contribution in [1.82, 2.24) is 0 Å². The molecule has 1 heterocycles. The van der Waals surface area contributed by atoms with Crippen LogP contribution >= 0.6 is 11.6 Å². The average molecular weight is 469 g/mol. The Hall–Kier alpha value is -2.83. The highest BCUT2D eigenvalue weighted by Crippen LogP contribution is 2.51. The van der Waals surface area contributed by atoms with Crippen LogP contribution in [0.4, 0.5) is 15.8 Å². The second-order valence-electron chi connectivity index (χ2n) is 8.33. The largest absolute Gasteiger partial charge is 0.378 e. The quantitative estimate of drug-likeness (QED) is 0.434. The van der Waals surface area contributed by atoms with Gasteiger partial charge in [-0.15, -0.1) is 0 Å². The van der Waals surface area contributed by atoms with Crippen LogP contribution in [0, 0.1) is 18.7 Å². The van der Waals surface area contributed by atoms with Gasteiger partial charge in [-0.1, -0.05) is 47.5 Å². The summed E-state index contributed by atoms with van der Waals surface area (Å²) in [4.78, 5) is 0.194. The van der Waals surface area contributed by atoms with E-state index in [1.165, 1.54) is 6.07 Å². The molecule has 4 nitrogen and oxygen atoms in total. The first-order valence-electron chi connectivity index (χ1n) is 10.4. The van der Waals surface area contributed by atoms with Gasteiger partial charge in [0.1, 0.15) is 5.82 Å². The van der Waals surface area contributed by atoms with Gasteiger partial charge in [0.25, 0.3) is 10.0 Å². The Kier molecular flexibility index (Phi) is 5.22. The Balaban J connectivity index is 1.51. The first kappa shape index (κ1) is 21.0. The van der Waals surface area contributed by atoms with Crippen LogP contribution in [0.1, 0.15) is 35.1 Å². The molecular formula is C25H22ClFN2O2S. The summed E-state index contributed by atoms with van der Waals surface area (Å²) in [6, 6.07) is 16.6. The first-order chi connectivity index (χ1) is 15.3. The van der Waals surface area contributed by atoms with E-state index in [0.717, 1.165) is 23.2 Å². The summed E-state index contributed by atoms with van der Waals surface area (Å²) >= 11 is 6.36. The number of sulfonamides is 1. The number of fused-ring (bicyclic) bond motifs is 3. The Morgan fingerprint density at radius 2 is 1.88 bits per heavy atom. The summed E-state index contributed by atoms with van der Waals surface area (Å²) in [5.41, 5.74) is 3.70. The van der Waals surface area contributed by atoms with Crippen molar-refractivity contribution in [3.63, 3.8) is 0 Å². The number of benzene rings is 3. The lowest BCUT2D eigenvalue weighted by Crippen LogP contribution is -2.30. The molecule has 3 atom stereocenters. The minimum atomic E-state index is -3.75. The standard InChI is InChI=1S/C25H22ClFN2O2S/c1-15-8-10-16(11-9-15)29-32(30,31)17-12-13-23-20(14-17)18-4-2-5-19(18)25(28-23)24-21(26)6-3-7-22(24)27/h2-4,6-14,18-19,25,28-29H,5H2,1H3/t18-,19+,25-/m0/s1. The highest BCUT2D eigenvalue weighted by molar-refractivity contribution is 7.92. The van der Waals surface area contributed by atoms with Crippen LogP contribution in [0.15, 0.2) is 77.7 Å². The highest BCUT2D eigenvalue weighted by Gasteiger charge is 2.40. The lowest BCUT2D eigenvalue weighted by molar-refractivity contribution is 0.413. The van der Waals surface area contributed by atoms with Gasteiger partial charge in [-0.2, -0.15) is 0 Å². The zero-order chi connectivity index (χ0) is 22.5. The smallest absolute Gasteiger partial charge is 0.261 e. The number of nitrogens with one attached hydrogen (secondary N) is 2. The van der Waals surface area contributed by atoms with E-state index in [0.29, 0.717) is 16.3 Å².